The first-order valence-electron chi connectivity index (χ1n) is 5.97. The van der Waals surface area contributed by atoms with Crippen molar-refractivity contribution >= 4 is 33.4 Å². The van der Waals surface area contributed by atoms with Gasteiger partial charge in [-0.1, -0.05) is 18.5 Å². The highest BCUT2D eigenvalue weighted by Crippen LogP contribution is 2.24. The number of amides is 1. The molecule has 0 aliphatic carbocycles. The third-order valence-electron chi connectivity index (χ3n) is 3.14. The van der Waals surface area contributed by atoms with E-state index >= 15 is 0 Å². The molecule has 0 radical (unpaired) electrons. The maximum absolute atomic E-state index is 12.4. The lowest BCUT2D eigenvalue weighted by Crippen LogP contribution is -2.48. The number of nitrogens with two attached hydrogens (primary N) is 1. The third-order valence-corrected chi connectivity index (χ3v) is 4.06. The monoisotopic (exact) mass is 330 g/mol. The van der Waals surface area contributed by atoms with E-state index in [-0.39, 0.29) is 11.9 Å². The average Bonchev–Trinajstić information content (AvgIpc) is 2.30. The van der Waals surface area contributed by atoms with Crippen LogP contribution in [0.4, 0.5) is 0 Å². The van der Waals surface area contributed by atoms with Crippen molar-refractivity contribution in [1.82, 2.24) is 4.90 Å². The number of rotatable bonds is 1. The molecule has 1 heterocycles. The molecule has 1 fully saturated rings. The van der Waals surface area contributed by atoms with Crippen molar-refractivity contribution < 1.29 is 4.79 Å². The van der Waals surface area contributed by atoms with Crippen molar-refractivity contribution in [3.8, 4) is 0 Å². The smallest absolute Gasteiger partial charge is 0.255 e. The minimum Gasteiger partial charge on any atom is -0.337 e. The number of piperidine rings is 1. The summed E-state index contributed by atoms with van der Waals surface area (Å²) in [5.74, 6) is 0.432. The SMILES string of the molecule is CC1CC(N)CN(C(=O)c2cc(Cl)ccc2Br)C1. The van der Waals surface area contributed by atoms with Crippen LogP contribution in [-0.2, 0) is 0 Å². The van der Waals surface area contributed by atoms with Crippen LogP contribution in [0.15, 0.2) is 22.7 Å². The molecular formula is C13H16BrClN2O. The lowest BCUT2D eigenvalue weighted by Gasteiger charge is -2.35. The Kier molecular flexibility index (Phi) is 4.30. The fraction of sp³-hybridized carbons (Fsp3) is 0.462. The Morgan fingerprint density at radius 3 is 2.89 bits per heavy atom. The zero-order valence-corrected chi connectivity index (χ0v) is 12.5. The van der Waals surface area contributed by atoms with Crippen molar-refractivity contribution in [2.24, 2.45) is 11.7 Å². The van der Waals surface area contributed by atoms with Crippen LogP contribution in [0.5, 0.6) is 0 Å². The van der Waals surface area contributed by atoms with Crippen LogP contribution in [0.1, 0.15) is 23.7 Å². The van der Waals surface area contributed by atoms with Crippen molar-refractivity contribution in [1.29, 1.82) is 0 Å². The number of likely N-dealkylation sites (tertiary alicyclic amines) is 1. The van der Waals surface area contributed by atoms with E-state index in [0.29, 0.717) is 23.0 Å². The van der Waals surface area contributed by atoms with E-state index < -0.39 is 0 Å². The summed E-state index contributed by atoms with van der Waals surface area (Å²) in [5, 5.41) is 0.566. The van der Waals surface area contributed by atoms with Gasteiger partial charge in [0.05, 0.1) is 5.56 Å². The van der Waals surface area contributed by atoms with Gasteiger partial charge in [0.25, 0.3) is 5.91 Å². The molecule has 0 spiro atoms. The number of benzene rings is 1. The van der Waals surface area contributed by atoms with Crippen LogP contribution in [0.3, 0.4) is 0 Å². The van der Waals surface area contributed by atoms with Gasteiger partial charge in [0, 0.05) is 28.6 Å². The van der Waals surface area contributed by atoms with Gasteiger partial charge in [-0.25, -0.2) is 0 Å². The molecule has 0 bridgehead atoms. The summed E-state index contributed by atoms with van der Waals surface area (Å²) in [6.45, 7) is 3.49. The van der Waals surface area contributed by atoms with Crippen LogP contribution >= 0.6 is 27.5 Å². The van der Waals surface area contributed by atoms with Gasteiger partial charge in [0.1, 0.15) is 0 Å². The standard InChI is InChI=1S/C13H16BrClN2O/c1-8-4-10(16)7-17(6-8)13(18)11-5-9(15)2-3-12(11)14/h2-3,5,8,10H,4,6-7,16H2,1H3. The zero-order chi connectivity index (χ0) is 13.3. The lowest BCUT2D eigenvalue weighted by molar-refractivity contribution is 0.0660. The number of nitrogens with zero attached hydrogens (tertiary/aromatic N) is 1. The summed E-state index contributed by atoms with van der Waals surface area (Å²) in [6, 6.07) is 5.31. The molecule has 0 aromatic heterocycles. The molecule has 3 nitrogen and oxygen atoms in total. The first-order chi connectivity index (χ1) is 8.47. The molecule has 2 unspecified atom stereocenters. The van der Waals surface area contributed by atoms with E-state index in [4.69, 9.17) is 17.3 Å². The van der Waals surface area contributed by atoms with Crippen LogP contribution in [0.25, 0.3) is 0 Å². The molecule has 1 saturated heterocycles. The van der Waals surface area contributed by atoms with Crippen LogP contribution in [0, 0.1) is 5.92 Å². The first-order valence-corrected chi connectivity index (χ1v) is 7.14. The number of carbonyl (C=O) groups is 1. The second-order valence-corrected chi connectivity index (χ2v) is 6.23. The summed E-state index contributed by atoms with van der Waals surface area (Å²) in [7, 11) is 0. The Morgan fingerprint density at radius 1 is 1.50 bits per heavy atom. The van der Waals surface area contributed by atoms with E-state index in [0.717, 1.165) is 17.4 Å². The molecule has 2 atom stereocenters. The quantitative estimate of drug-likeness (QED) is 0.860. The summed E-state index contributed by atoms with van der Waals surface area (Å²) >= 11 is 9.33. The molecule has 1 aliphatic rings. The number of hydrogen-bond acceptors (Lipinski definition) is 2. The molecule has 0 saturated carbocycles. The van der Waals surface area contributed by atoms with E-state index in [2.05, 4.69) is 22.9 Å². The highest BCUT2D eigenvalue weighted by molar-refractivity contribution is 9.10. The highest BCUT2D eigenvalue weighted by Gasteiger charge is 2.27. The Balaban J connectivity index is 2.22. The Hall–Kier alpha value is -0.580. The third kappa shape index (κ3) is 3.05. The molecule has 1 aromatic carbocycles. The van der Waals surface area contributed by atoms with E-state index in [1.165, 1.54) is 0 Å². The van der Waals surface area contributed by atoms with Gasteiger partial charge in [-0.05, 0) is 46.5 Å². The molecular weight excluding hydrogens is 316 g/mol. The molecule has 1 aliphatic heterocycles. The van der Waals surface area contributed by atoms with E-state index in [1.54, 1.807) is 18.2 Å². The maximum Gasteiger partial charge on any atom is 0.255 e. The molecule has 2 rings (SSSR count). The van der Waals surface area contributed by atoms with Gasteiger partial charge in [0.2, 0.25) is 0 Å². The Bertz CT molecular complexity index is 456. The van der Waals surface area contributed by atoms with Gasteiger partial charge < -0.3 is 10.6 Å². The van der Waals surface area contributed by atoms with E-state index in [9.17, 15) is 4.79 Å². The van der Waals surface area contributed by atoms with Crippen LogP contribution in [0.2, 0.25) is 5.02 Å². The molecule has 1 amide bonds. The van der Waals surface area contributed by atoms with Gasteiger partial charge in [0.15, 0.2) is 0 Å². The maximum atomic E-state index is 12.4. The fourth-order valence-electron chi connectivity index (χ4n) is 2.40. The molecule has 1 aromatic rings. The summed E-state index contributed by atoms with van der Waals surface area (Å²) in [5.41, 5.74) is 6.57. The van der Waals surface area contributed by atoms with Gasteiger partial charge in [-0.15, -0.1) is 0 Å². The minimum atomic E-state index is -0.00799. The van der Waals surface area contributed by atoms with Gasteiger partial charge >= 0.3 is 0 Å². The fourth-order valence-corrected chi connectivity index (χ4v) is 2.99. The predicted octanol–water partition coefficient (Wildman–Crippen LogP) is 2.91. The second-order valence-electron chi connectivity index (χ2n) is 4.94. The van der Waals surface area contributed by atoms with Gasteiger partial charge in [-0.2, -0.15) is 0 Å². The molecule has 18 heavy (non-hydrogen) atoms. The summed E-state index contributed by atoms with van der Waals surface area (Å²) in [4.78, 5) is 14.3. The van der Waals surface area contributed by atoms with Gasteiger partial charge in [-0.3, -0.25) is 4.79 Å². The highest BCUT2D eigenvalue weighted by atomic mass is 79.9. The number of halogens is 2. The van der Waals surface area contributed by atoms with Crippen molar-refractivity contribution in [2.45, 2.75) is 19.4 Å². The van der Waals surface area contributed by atoms with Crippen LogP contribution < -0.4 is 5.73 Å². The normalized spacial score (nSPS) is 24.1. The van der Waals surface area contributed by atoms with Crippen LogP contribution in [-0.4, -0.2) is 29.9 Å². The average molecular weight is 332 g/mol. The number of hydrogen-bond donors (Lipinski definition) is 1. The lowest BCUT2D eigenvalue weighted by atomic mass is 9.96. The topological polar surface area (TPSA) is 46.3 Å². The minimum absolute atomic E-state index is 0.00799. The predicted molar refractivity (Wildman–Crippen MR) is 76.8 cm³/mol. The molecule has 5 heteroatoms. The first kappa shape index (κ1) is 13.8. The molecule has 2 N–H and O–H groups in total. The zero-order valence-electron chi connectivity index (χ0n) is 10.2. The Morgan fingerprint density at radius 2 is 2.22 bits per heavy atom. The van der Waals surface area contributed by atoms with E-state index in [1.807, 2.05) is 4.90 Å². The van der Waals surface area contributed by atoms with Crippen molar-refractivity contribution in [3.63, 3.8) is 0 Å². The summed E-state index contributed by atoms with van der Waals surface area (Å²) in [6.07, 6.45) is 0.973. The molecule has 98 valence electrons. The number of carbonyl (C=O) groups excluding carboxylic acids is 1. The van der Waals surface area contributed by atoms with Crippen molar-refractivity contribution in [3.05, 3.63) is 33.3 Å². The summed E-state index contributed by atoms with van der Waals surface area (Å²) < 4.78 is 0.767. The Labute approximate surface area is 120 Å². The largest absolute Gasteiger partial charge is 0.337 e. The van der Waals surface area contributed by atoms with Crippen molar-refractivity contribution in [2.75, 3.05) is 13.1 Å². The second kappa shape index (κ2) is 5.59.